The minimum atomic E-state index is -0.659. The number of fused-ring (bicyclic) bond motifs is 1. The van der Waals surface area contributed by atoms with Crippen LogP contribution < -0.4 is 35.4 Å². The van der Waals surface area contributed by atoms with Crippen LogP contribution in [0.3, 0.4) is 0 Å². The van der Waals surface area contributed by atoms with Gasteiger partial charge in [0.15, 0.2) is 5.82 Å². The monoisotopic (exact) mass is 1010 g/mol. The lowest BCUT2D eigenvalue weighted by Gasteiger charge is -2.64. The second-order valence-electron chi connectivity index (χ2n) is 22.9. The highest BCUT2D eigenvalue weighted by Crippen LogP contribution is 2.57. The van der Waals surface area contributed by atoms with Crippen LogP contribution in [0.4, 0.5) is 29.1 Å². The van der Waals surface area contributed by atoms with E-state index in [1.807, 2.05) is 19.1 Å². The first-order valence-electron chi connectivity index (χ1n) is 26.4. The van der Waals surface area contributed by atoms with Gasteiger partial charge in [0.2, 0.25) is 17.8 Å². The zero-order chi connectivity index (χ0) is 51.6. The molecule has 10 rings (SSSR count). The van der Waals surface area contributed by atoms with Crippen molar-refractivity contribution < 1.29 is 23.9 Å². The molecule has 1 saturated heterocycles. The van der Waals surface area contributed by atoms with Crippen LogP contribution in [0.2, 0.25) is 0 Å². The Morgan fingerprint density at radius 3 is 2.21 bits per heavy atom. The fourth-order valence-corrected chi connectivity index (χ4v) is 13.6. The van der Waals surface area contributed by atoms with Crippen molar-refractivity contribution in [3.63, 3.8) is 0 Å². The van der Waals surface area contributed by atoms with Gasteiger partial charge in [-0.15, -0.1) is 0 Å². The maximum Gasteiger partial charge on any atom is 0.254 e. The number of benzene rings is 1. The highest BCUT2D eigenvalue weighted by atomic mass is 35.5. The molecule has 7 aliphatic rings. The number of nitrogens with zero attached hydrogens (tertiary/aromatic N) is 9. The van der Waals surface area contributed by atoms with Crippen LogP contribution in [0.25, 0.3) is 0 Å². The Kier molecular flexibility index (Phi) is 13.7. The van der Waals surface area contributed by atoms with Gasteiger partial charge in [0.05, 0.1) is 41.8 Å². The van der Waals surface area contributed by atoms with Crippen LogP contribution in [-0.2, 0) is 9.53 Å². The largest absolute Gasteiger partial charge is 0.495 e. The summed E-state index contributed by atoms with van der Waals surface area (Å²) in [5.41, 5.74) is 1.33. The zero-order valence-corrected chi connectivity index (χ0v) is 44.3. The van der Waals surface area contributed by atoms with E-state index >= 15 is 0 Å². The summed E-state index contributed by atoms with van der Waals surface area (Å²) < 4.78 is 12.5. The second-order valence-corrected chi connectivity index (χ2v) is 23.3. The molecule has 5 aliphatic carbocycles. The number of hydrogen-bond acceptors (Lipinski definition) is 14. The van der Waals surface area contributed by atoms with Crippen LogP contribution in [0.15, 0.2) is 59.5 Å². The molecule has 388 valence electrons. The molecule has 0 radical (unpaired) electrons. The Balaban J connectivity index is 0.701. The lowest BCUT2D eigenvalue weighted by Crippen LogP contribution is -2.74. The molecule has 3 aromatic rings. The standard InChI is InChI=1S/C55H71ClN12O5/c1-9-42-48(71)65(7)43-31-58-51(63-45(43)68(42)36-12-10-11-13-36)62-41-17-14-32(24-44(41)72-8)46(69)61-35-25-39(26-35)67(37-15-16-37)38-19-22-66(23-20-38)52-59-29-34(30-60-52)47(70)64-49-53(2,3)50(54(49,4)5)73-55(6)21-18-33(28-57)40(56)27-55/h14,17-18,21,24,29-31,35-39,42,49-50H,9-13,15-16,19-20,22-23,25-27H2,1-8H3,(H,61,69)(H,64,70)(H,58,62,63)/t35?,39?,42-,49?,50?,55?/m1/s1. The molecule has 4 heterocycles. The van der Waals surface area contributed by atoms with Crippen molar-refractivity contribution in [2.24, 2.45) is 10.8 Å². The first-order chi connectivity index (χ1) is 34.9. The number of methoxy groups -OCH3 is 1. The topological polar surface area (TPSA) is 194 Å². The third-order valence-corrected chi connectivity index (χ3v) is 17.4. The quantitative estimate of drug-likeness (QED) is 0.132. The minimum absolute atomic E-state index is 0.0724. The third kappa shape index (κ3) is 9.63. The Labute approximate surface area is 434 Å². The molecule has 2 atom stereocenters. The fraction of sp³-hybridized carbons (Fsp3) is 0.600. The number of piperidine rings is 1. The van der Waals surface area contributed by atoms with Gasteiger partial charge in [0, 0.05) is 96.6 Å². The molecule has 73 heavy (non-hydrogen) atoms. The van der Waals surface area contributed by atoms with Crippen molar-refractivity contribution in [3.8, 4) is 11.8 Å². The van der Waals surface area contributed by atoms with Gasteiger partial charge in [-0.05, 0) is 89.0 Å². The molecule has 2 aromatic heterocycles. The van der Waals surface area contributed by atoms with Gasteiger partial charge in [-0.25, -0.2) is 15.0 Å². The molecule has 4 saturated carbocycles. The Morgan fingerprint density at radius 2 is 1.58 bits per heavy atom. The number of carbonyl (C=O) groups is 3. The van der Waals surface area contributed by atoms with E-state index in [2.05, 4.69) is 86.3 Å². The van der Waals surface area contributed by atoms with Gasteiger partial charge in [-0.3, -0.25) is 19.3 Å². The van der Waals surface area contributed by atoms with Crippen molar-refractivity contribution >= 4 is 58.4 Å². The number of carbonyl (C=O) groups excluding carboxylic acids is 3. The summed E-state index contributed by atoms with van der Waals surface area (Å²) in [6.45, 7) is 14.1. The summed E-state index contributed by atoms with van der Waals surface area (Å²) in [4.78, 5) is 68.5. The van der Waals surface area contributed by atoms with Gasteiger partial charge in [0.25, 0.3) is 11.8 Å². The number of nitriles is 1. The molecule has 5 fully saturated rings. The SMILES string of the molecule is CC[C@@H]1C(=O)N(C)c2cnc(Nc3ccc(C(=O)NC4CC(N(C5CC5)C5CCN(c6ncc(C(=O)NC7C(C)(C)C(OC8(C)C=CC(C#N)=C(Cl)C8)C7(C)C)cn6)CC5)C4)cc3OC)nc2N1C1CCCC1. The van der Waals surface area contributed by atoms with E-state index in [-0.39, 0.29) is 58.8 Å². The average molecular weight is 1020 g/mol. The van der Waals surface area contributed by atoms with E-state index in [4.69, 9.17) is 26.1 Å². The predicted molar refractivity (Wildman–Crippen MR) is 281 cm³/mol. The number of allylic oxidation sites excluding steroid dienone is 2. The number of aromatic nitrogens is 4. The van der Waals surface area contributed by atoms with Crippen molar-refractivity contribution in [3.05, 3.63) is 70.7 Å². The van der Waals surface area contributed by atoms with Crippen molar-refractivity contribution in [1.29, 1.82) is 5.26 Å². The highest BCUT2D eigenvalue weighted by molar-refractivity contribution is 6.30. The van der Waals surface area contributed by atoms with Gasteiger partial charge < -0.3 is 40.1 Å². The first kappa shape index (κ1) is 50.7. The lowest BCUT2D eigenvalue weighted by atomic mass is 9.49. The fourth-order valence-electron chi connectivity index (χ4n) is 13.2. The van der Waals surface area contributed by atoms with Crippen LogP contribution in [0, 0.1) is 22.2 Å². The molecule has 3 amide bonds. The minimum Gasteiger partial charge on any atom is -0.495 e. The summed E-state index contributed by atoms with van der Waals surface area (Å²) in [6, 6.07) is 8.91. The summed E-state index contributed by atoms with van der Waals surface area (Å²) in [6.07, 6.45) is 20.2. The first-order valence-corrected chi connectivity index (χ1v) is 26.8. The summed E-state index contributed by atoms with van der Waals surface area (Å²) in [7, 11) is 3.39. The molecule has 2 aliphatic heterocycles. The second kappa shape index (κ2) is 19.8. The Hall–Kier alpha value is -5.83. The van der Waals surface area contributed by atoms with Crippen molar-refractivity contribution in [1.82, 2.24) is 35.5 Å². The number of nitrogens with one attached hydrogen (secondary N) is 3. The summed E-state index contributed by atoms with van der Waals surface area (Å²) in [5, 5.41) is 19.8. The van der Waals surface area contributed by atoms with Crippen molar-refractivity contribution in [2.45, 2.75) is 173 Å². The average Bonchev–Trinajstić information content (AvgIpc) is 4.06. The van der Waals surface area contributed by atoms with Gasteiger partial charge >= 0.3 is 0 Å². The molecule has 17 nitrogen and oxygen atoms in total. The molecule has 18 heteroatoms. The number of likely N-dealkylation sites (N-methyl/N-ethyl adjacent to an activating group) is 1. The predicted octanol–water partition coefficient (Wildman–Crippen LogP) is 8.20. The summed E-state index contributed by atoms with van der Waals surface area (Å²) in [5.74, 6) is 2.03. The zero-order valence-electron chi connectivity index (χ0n) is 43.6. The highest BCUT2D eigenvalue weighted by Gasteiger charge is 2.64. The van der Waals surface area contributed by atoms with E-state index in [9.17, 15) is 19.6 Å². The van der Waals surface area contributed by atoms with Crippen LogP contribution in [0.1, 0.15) is 139 Å². The summed E-state index contributed by atoms with van der Waals surface area (Å²) >= 11 is 6.44. The van der Waals surface area contributed by atoms with Crippen LogP contribution in [0.5, 0.6) is 5.75 Å². The van der Waals surface area contributed by atoms with Crippen LogP contribution >= 0.6 is 11.6 Å². The van der Waals surface area contributed by atoms with Gasteiger partial charge in [0.1, 0.15) is 23.5 Å². The van der Waals surface area contributed by atoms with E-state index in [1.54, 1.807) is 55.9 Å². The molecule has 0 bridgehead atoms. The molecular weight excluding hydrogens is 944 g/mol. The van der Waals surface area contributed by atoms with Gasteiger partial charge in [-0.2, -0.15) is 10.2 Å². The maximum absolute atomic E-state index is 13.7. The van der Waals surface area contributed by atoms with E-state index in [1.165, 1.54) is 12.8 Å². The number of hydrogen-bond donors (Lipinski definition) is 3. The lowest BCUT2D eigenvalue weighted by molar-refractivity contribution is -0.242. The maximum atomic E-state index is 13.7. The van der Waals surface area contributed by atoms with E-state index in [0.717, 1.165) is 70.3 Å². The molecule has 1 unspecified atom stereocenters. The number of halogens is 1. The number of anilines is 5. The van der Waals surface area contributed by atoms with E-state index in [0.29, 0.717) is 81.7 Å². The number of rotatable bonds is 15. The number of ether oxygens (including phenoxy) is 2. The Bertz CT molecular complexity index is 2700. The van der Waals surface area contributed by atoms with Crippen molar-refractivity contribution in [2.75, 3.05) is 47.3 Å². The van der Waals surface area contributed by atoms with Crippen LogP contribution in [-0.4, -0.2) is 124 Å². The van der Waals surface area contributed by atoms with E-state index < -0.39 is 5.60 Å². The molecule has 3 N–H and O–H groups in total. The smallest absolute Gasteiger partial charge is 0.254 e. The number of amides is 3. The Morgan fingerprint density at radius 1 is 0.904 bits per heavy atom. The third-order valence-electron chi connectivity index (χ3n) is 17.1. The van der Waals surface area contributed by atoms with Gasteiger partial charge in [-0.1, -0.05) is 65.1 Å². The molecular formula is C55H71ClN12O5. The normalized spacial score (nSPS) is 27.8. The molecule has 1 aromatic carbocycles. The molecule has 0 spiro atoms.